The Morgan fingerprint density at radius 1 is 1.27 bits per heavy atom. The van der Waals surface area contributed by atoms with Gasteiger partial charge in [0, 0.05) is 0 Å². The van der Waals surface area contributed by atoms with E-state index in [-0.39, 0.29) is 6.04 Å². The molecule has 4 nitrogen and oxygen atoms in total. The summed E-state index contributed by atoms with van der Waals surface area (Å²) >= 11 is 0. The van der Waals surface area contributed by atoms with Gasteiger partial charge >= 0.3 is 0 Å². The summed E-state index contributed by atoms with van der Waals surface area (Å²) in [5.74, 6) is -0.460. The van der Waals surface area contributed by atoms with Gasteiger partial charge in [-0.2, -0.15) is 0 Å². The second-order valence-corrected chi connectivity index (χ2v) is 2.71. The Morgan fingerprint density at radius 3 is 2.00 bits per heavy atom. The largest absolute Gasteiger partial charge is 0.391 e. The van der Waals surface area contributed by atoms with Crippen molar-refractivity contribution in [3.05, 3.63) is 0 Å². The van der Waals surface area contributed by atoms with Crippen molar-refractivity contribution >= 4 is 5.91 Å². The third-order valence-corrected chi connectivity index (χ3v) is 1.47. The van der Waals surface area contributed by atoms with E-state index >= 15 is 0 Å². The minimum Gasteiger partial charge on any atom is -0.391 e. The van der Waals surface area contributed by atoms with Gasteiger partial charge in [-0.15, -0.1) is 0 Å². The van der Waals surface area contributed by atoms with Gasteiger partial charge < -0.3 is 15.5 Å². The van der Waals surface area contributed by atoms with E-state index < -0.39 is 18.1 Å². The van der Waals surface area contributed by atoms with Crippen LogP contribution in [0.4, 0.5) is 0 Å². The fourth-order valence-electron chi connectivity index (χ4n) is 0.466. The molecule has 11 heavy (non-hydrogen) atoms. The highest BCUT2D eigenvalue weighted by Gasteiger charge is 2.14. The molecule has 1 amide bonds. The number of hydrogen-bond donors (Lipinski definition) is 3. The molecule has 3 N–H and O–H groups in total. The molecule has 3 atom stereocenters. The van der Waals surface area contributed by atoms with Crippen molar-refractivity contribution in [2.24, 2.45) is 0 Å². The number of hydrogen-bond acceptors (Lipinski definition) is 3. The highest BCUT2D eigenvalue weighted by Crippen LogP contribution is 1.91. The first-order valence-corrected chi connectivity index (χ1v) is 3.61. The topological polar surface area (TPSA) is 69.6 Å². The molecule has 0 fully saturated rings. The molecule has 0 heterocycles. The molecule has 0 aliphatic carbocycles. The summed E-state index contributed by atoms with van der Waals surface area (Å²) in [6, 6.07) is -0.322. The van der Waals surface area contributed by atoms with Crippen LogP contribution in [0, 0.1) is 0 Å². The summed E-state index contributed by atoms with van der Waals surface area (Å²) in [4.78, 5) is 10.8. The fourth-order valence-corrected chi connectivity index (χ4v) is 0.466. The first-order chi connectivity index (χ1) is 4.95. The number of aliphatic hydroxyl groups excluding tert-OH is 2. The van der Waals surface area contributed by atoms with Gasteiger partial charge in [-0.05, 0) is 20.8 Å². The average molecular weight is 161 g/mol. The van der Waals surface area contributed by atoms with Crippen LogP contribution in [0.2, 0.25) is 0 Å². The van der Waals surface area contributed by atoms with E-state index in [1.165, 1.54) is 6.92 Å². The Balaban J connectivity index is 3.76. The molecule has 0 saturated carbocycles. The number of rotatable bonds is 3. The van der Waals surface area contributed by atoms with Crippen LogP contribution in [-0.2, 0) is 4.79 Å². The minimum absolute atomic E-state index is 0.322. The lowest BCUT2D eigenvalue weighted by molar-refractivity contribution is -0.129. The molecule has 4 heteroatoms. The molecule has 0 aliphatic rings. The van der Waals surface area contributed by atoms with Crippen LogP contribution in [0.1, 0.15) is 20.8 Å². The van der Waals surface area contributed by atoms with Gasteiger partial charge in [0.15, 0.2) is 0 Å². The molecule has 0 aromatic carbocycles. The van der Waals surface area contributed by atoms with Crippen molar-refractivity contribution in [1.82, 2.24) is 5.32 Å². The lowest BCUT2D eigenvalue weighted by atomic mass is 10.2. The van der Waals surface area contributed by atoms with E-state index in [1.54, 1.807) is 13.8 Å². The zero-order valence-corrected chi connectivity index (χ0v) is 7.03. The Hall–Kier alpha value is -0.610. The molecular weight excluding hydrogens is 146 g/mol. The summed E-state index contributed by atoms with van der Waals surface area (Å²) < 4.78 is 0. The fraction of sp³-hybridized carbons (Fsp3) is 0.857. The molecule has 0 radical (unpaired) electrons. The van der Waals surface area contributed by atoms with Crippen LogP contribution in [0.15, 0.2) is 0 Å². The Bertz CT molecular complexity index is 134. The minimum atomic E-state index is -1.02. The Kier molecular flexibility index (Phi) is 4.07. The van der Waals surface area contributed by atoms with Gasteiger partial charge in [0.2, 0.25) is 5.91 Å². The van der Waals surface area contributed by atoms with E-state index in [0.717, 1.165) is 0 Å². The highest BCUT2D eigenvalue weighted by molar-refractivity contribution is 5.80. The van der Waals surface area contributed by atoms with Crippen LogP contribution in [0.3, 0.4) is 0 Å². The molecular formula is C7H15NO3. The molecule has 0 saturated heterocycles. The number of carbonyl (C=O) groups excluding carboxylic acids is 1. The van der Waals surface area contributed by atoms with Gasteiger partial charge in [0.05, 0.1) is 12.1 Å². The molecule has 0 aliphatic heterocycles. The van der Waals surface area contributed by atoms with Crippen molar-refractivity contribution < 1.29 is 15.0 Å². The lowest BCUT2D eigenvalue weighted by Gasteiger charge is -2.17. The van der Waals surface area contributed by atoms with Crippen LogP contribution >= 0.6 is 0 Å². The summed E-state index contributed by atoms with van der Waals surface area (Å²) in [6.07, 6.45) is -1.62. The molecule has 0 aromatic heterocycles. The third-order valence-electron chi connectivity index (χ3n) is 1.47. The van der Waals surface area contributed by atoms with Gasteiger partial charge in [0.25, 0.3) is 0 Å². The van der Waals surface area contributed by atoms with Crippen molar-refractivity contribution in [2.75, 3.05) is 0 Å². The zero-order chi connectivity index (χ0) is 9.02. The highest BCUT2D eigenvalue weighted by atomic mass is 16.3. The average Bonchev–Trinajstić information content (AvgIpc) is 1.87. The Morgan fingerprint density at radius 2 is 1.73 bits per heavy atom. The van der Waals surface area contributed by atoms with Crippen LogP contribution in [-0.4, -0.2) is 34.4 Å². The van der Waals surface area contributed by atoms with Crippen LogP contribution in [0.5, 0.6) is 0 Å². The van der Waals surface area contributed by atoms with E-state index in [2.05, 4.69) is 5.32 Å². The predicted molar refractivity (Wildman–Crippen MR) is 41.0 cm³/mol. The summed E-state index contributed by atoms with van der Waals surface area (Å²) in [6.45, 7) is 4.63. The third kappa shape index (κ3) is 3.95. The van der Waals surface area contributed by atoms with E-state index in [4.69, 9.17) is 10.2 Å². The van der Waals surface area contributed by atoms with Gasteiger partial charge in [-0.3, -0.25) is 4.79 Å². The predicted octanol–water partition coefficient (Wildman–Crippen LogP) is -0.747. The number of carbonyl (C=O) groups is 1. The van der Waals surface area contributed by atoms with E-state index in [9.17, 15) is 4.79 Å². The molecule has 2 unspecified atom stereocenters. The van der Waals surface area contributed by atoms with Gasteiger partial charge in [-0.25, -0.2) is 0 Å². The second kappa shape index (κ2) is 4.31. The smallest absolute Gasteiger partial charge is 0.248 e. The van der Waals surface area contributed by atoms with Crippen molar-refractivity contribution in [2.45, 2.75) is 39.0 Å². The lowest BCUT2D eigenvalue weighted by Crippen LogP contribution is -2.43. The first-order valence-electron chi connectivity index (χ1n) is 3.61. The van der Waals surface area contributed by atoms with Gasteiger partial charge in [0.1, 0.15) is 6.10 Å². The summed E-state index contributed by atoms with van der Waals surface area (Å²) in [5.41, 5.74) is 0. The number of nitrogens with one attached hydrogen (secondary N) is 1. The number of amides is 1. The quantitative estimate of drug-likeness (QED) is 0.510. The van der Waals surface area contributed by atoms with Crippen molar-refractivity contribution in [1.29, 1.82) is 0 Å². The molecule has 0 aromatic rings. The standard InChI is InChI=1S/C7H15NO3/c1-4(5(2)9)8-7(11)6(3)10/h4-6,9-10H,1-3H3,(H,8,11)/t4?,5?,6-/m0/s1. The molecule has 66 valence electrons. The van der Waals surface area contributed by atoms with Crippen LogP contribution < -0.4 is 5.32 Å². The maximum Gasteiger partial charge on any atom is 0.248 e. The first kappa shape index (κ1) is 10.4. The summed E-state index contributed by atoms with van der Waals surface area (Å²) in [7, 11) is 0. The molecule has 0 rings (SSSR count). The van der Waals surface area contributed by atoms with E-state index in [1.807, 2.05) is 0 Å². The zero-order valence-electron chi connectivity index (χ0n) is 7.03. The normalized spacial score (nSPS) is 18.6. The van der Waals surface area contributed by atoms with Crippen LogP contribution in [0.25, 0.3) is 0 Å². The molecule has 0 bridgehead atoms. The SMILES string of the molecule is CC(O)C(C)NC(=O)[C@H](C)O. The van der Waals surface area contributed by atoms with E-state index in [0.29, 0.717) is 0 Å². The second-order valence-electron chi connectivity index (χ2n) is 2.71. The molecule has 0 spiro atoms. The maximum absolute atomic E-state index is 10.8. The number of aliphatic hydroxyl groups is 2. The van der Waals surface area contributed by atoms with Gasteiger partial charge in [-0.1, -0.05) is 0 Å². The maximum atomic E-state index is 10.8. The van der Waals surface area contributed by atoms with Crippen molar-refractivity contribution in [3.63, 3.8) is 0 Å². The van der Waals surface area contributed by atoms with Crippen molar-refractivity contribution in [3.8, 4) is 0 Å². The monoisotopic (exact) mass is 161 g/mol. The summed E-state index contributed by atoms with van der Waals surface area (Å²) in [5, 5.41) is 20.2. The Labute approximate surface area is 66.2 Å².